The van der Waals surface area contributed by atoms with Gasteiger partial charge in [0.1, 0.15) is 0 Å². The summed E-state index contributed by atoms with van der Waals surface area (Å²) in [5.74, 6) is 0. The van der Waals surface area contributed by atoms with Crippen molar-refractivity contribution in [2.75, 3.05) is 11.1 Å². The van der Waals surface area contributed by atoms with E-state index in [4.69, 9.17) is 5.73 Å². The Kier molecular flexibility index (Phi) is 2.59. The Bertz CT molecular complexity index is 464. The van der Waals surface area contributed by atoms with Gasteiger partial charge in [-0.1, -0.05) is 24.3 Å². The first-order valence-electron chi connectivity index (χ1n) is 4.94. The quantitative estimate of drug-likeness (QED) is 0.726. The Balaban J connectivity index is 2.26. The van der Waals surface area contributed by atoms with Crippen molar-refractivity contribution in [3.63, 3.8) is 0 Å². The zero-order valence-electron chi connectivity index (χ0n) is 8.70. The van der Waals surface area contributed by atoms with Crippen LogP contribution in [0.3, 0.4) is 0 Å². The second kappa shape index (κ2) is 4.05. The second-order valence-corrected chi connectivity index (χ2v) is 3.58. The molecule has 0 unspecified atom stereocenters. The molecule has 0 radical (unpaired) electrons. The molecule has 2 aromatic rings. The Morgan fingerprint density at radius 3 is 2.53 bits per heavy atom. The van der Waals surface area contributed by atoms with Crippen LogP contribution < -0.4 is 11.1 Å². The van der Waals surface area contributed by atoms with Crippen LogP contribution in [0.25, 0.3) is 0 Å². The SMILES string of the molecule is Cc1cccc(Nc2ccccc2N)c1. The fourth-order valence-electron chi connectivity index (χ4n) is 1.49. The molecule has 2 rings (SSSR count). The minimum Gasteiger partial charge on any atom is -0.397 e. The van der Waals surface area contributed by atoms with Gasteiger partial charge in [-0.05, 0) is 36.8 Å². The van der Waals surface area contributed by atoms with Gasteiger partial charge in [-0.3, -0.25) is 0 Å². The highest BCUT2D eigenvalue weighted by Crippen LogP contribution is 2.22. The number of rotatable bonds is 2. The van der Waals surface area contributed by atoms with Crippen molar-refractivity contribution in [1.82, 2.24) is 0 Å². The number of benzene rings is 2. The molecule has 0 saturated carbocycles. The Hall–Kier alpha value is -1.96. The van der Waals surface area contributed by atoms with Gasteiger partial charge < -0.3 is 11.1 Å². The normalized spacial score (nSPS) is 9.93. The Morgan fingerprint density at radius 2 is 1.80 bits per heavy atom. The van der Waals surface area contributed by atoms with E-state index in [2.05, 4.69) is 24.4 Å². The van der Waals surface area contributed by atoms with Crippen molar-refractivity contribution < 1.29 is 0 Å². The molecule has 0 aliphatic carbocycles. The summed E-state index contributed by atoms with van der Waals surface area (Å²) in [6.07, 6.45) is 0. The average molecular weight is 198 g/mol. The summed E-state index contributed by atoms with van der Waals surface area (Å²) in [5.41, 5.74) is 9.85. The van der Waals surface area contributed by atoms with Gasteiger partial charge in [-0.2, -0.15) is 0 Å². The Labute approximate surface area is 89.7 Å². The van der Waals surface area contributed by atoms with Crippen molar-refractivity contribution in [2.45, 2.75) is 6.92 Å². The lowest BCUT2D eigenvalue weighted by Gasteiger charge is -2.09. The van der Waals surface area contributed by atoms with Crippen molar-refractivity contribution in [1.29, 1.82) is 0 Å². The summed E-state index contributed by atoms with van der Waals surface area (Å²) in [6.45, 7) is 2.07. The van der Waals surface area contributed by atoms with Gasteiger partial charge in [-0.25, -0.2) is 0 Å². The predicted molar refractivity (Wildman–Crippen MR) is 65.3 cm³/mol. The van der Waals surface area contributed by atoms with Crippen molar-refractivity contribution in [3.05, 3.63) is 54.1 Å². The van der Waals surface area contributed by atoms with E-state index in [-0.39, 0.29) is 0 Å². The molecule has 2 heteroatoms. The summed E-state index contributed by atoms with van der Waals surface area (Å²) in [7, 11) is 0. The number of nitrogens with two attached hydrogens (primary N) is 1. The van der Waals surface area contributed by atoms with Crippen molar-refractivity contribution in [3.8, 4) is 0 Å². The first-order valence-corrected chi connectivity index (χ1v) is 4.94. The zero-order chi connectivity index (χ0) is 10.7. The van der Waals surface area contributed by atoms with Gasteiger partial charge in [0, 0.05) is 5.69 Å². The first-order chi connectivity index (χ1) is 7.25. The highest BCUT2D eigenvalue weighted by Gasteiger charge is 1.97. The molecular weight excluding hydrogens is 184 g/mol. The predicted octanol–water partition coefficient (Wildman–Crippen LogP) is 3.32. The van der Waals surface area contributed by atoms with E-state index >= 15 is 0 Å². The number of para-hydroxylation sites is 2. The average Bonchev–Trinajstić information content (AvgIpc) is 2.22. The highest BCUT2D eigenvalue weighted by molar-refractivity contribution is 5.72. The number of nitrogen functional groups attached to an aromatic ring is 1. The molecule has 0 heterocycles. The number of anilines is 3. The zero-order valence-corrected chi connectivity index (χ0v) is 8.70. The van der Waals surface area contributed by atoms with Crippen LogP contribution in [0.15, 0.2) is 48.5 Å². The van der Waals surface area contributed by atoms with Gasteiger partial charge in [0.15, 0.2) is 0 Å². The van der Waals surface area contributed by atoms with Crippen LogP contribution in [0.4, 0.5) is 17.1 Å². The van der Waals surface area contributed by atoms with Crippen molar-refractivity contribution in [2.24, 2.45) is 0 Å². The van der Waals surface area contributed by atoms with E-state index in [1.54, 1.807) is 0 Å². The third-order valence-electron chi connectivity index (χ3n) is 2.26. The van der Waals surface area contributed by atoms with Crippen LogP contribution >= 0.6 is 0 Å². The number of aryl methyl sites for hydroxylation is 1. The minimum atomic E-state index is 0.763. The topological polar surface area (TPSA) is 38.0 Å². The number of hydrogen-bond acceptors (Lipinski definition) is 2. The fourth-order valence-corrected chi connectivity index (χ4v) is 1.49. The van der Waals surface area contributed by atoms with Gasteiger partial charge in [0.05, 0.1) is 11.4 Å². The third kappa shape index (κ3) is 2.29. The van der Waals surface area contributed by atoms with Crippen LogP contribution in [-0.2, 0) is 0 Å². The van der Waals surface area contributed by atoms with Crippen LogP contribution in [0.5, 0.6) is 0 Å². The smallest absolute Gasteiger partial charge is 0.0617 e. The molecule has 0 bridgehead atoms. The monoisotopic (exact) mass is 198 g/mol. The molecule has 0 atom stereocenters. The maximum atomic E-state index is 5.84. The van der Waals surface area contributed by atoms with E-state index in [0.29, 0.717) is 0 Å². The van der Waals surface area contributed by atoms with E-state index in [1.165, 1.54) is 5.56 Å². The first kappa shape index (κ1) is 9.59. The molecule has 0 aromatic heterocycles. The highest BCUT2D eigenvalue weighted by atomic mass is 14.9. The molecule has 76 valence electrons. The molecule has 3 N–H and O–H groups in total. The minimum absolute atomic E-state index is 0.763. The number of hydrogen-bond donors (Lipinski definition) is 2. The maximum absolute atomic E-state index is 5.84. The molecule has 0 saturated heterocycles. The van der Waals surface area contributed by atoms with Crippen LogP contribution in [0.2, 0.25) is 0 Å². The lowest BCUT2D eigenvalue weighted by molar-refractivity contribution is 1.45. The molecule has 2 aromatic carbocycles. The molecule has 2 nitrogen and oxygen atoms in total. The molecule has 0 amide bonds. The second-order valence-electron chi connectivity index (χ2n) is 3.58. The van der Waals surface area contributed by atoms with E-state index in [1.807, 2.05) is 36.4 Å². The summed E-state index contributed by atoms with van der Waals surface area (Å²) in [6, 6.07) is 16.0. The number of nitrogens with one attached hydrogen (secondary N) is 1. The third-order valence-corrected chi connectivity index (χ3v) is 2.26. The Morgan fingerprint density at radius 1 is 1.00 bits per heavy atom. The lowest BCUT2D eigenvalue weighted by Crippen LogP contribution is -1.95. The largest absolute Gasteiger partial charge is 0.397 e. The van der Waals surface area contributed by atoms with E-state index in [0.717, 1.165) is 17.1 Å². The van der Waals surface area contributed by atoms with Crippen LogP contribution in [0.1, 0.15) is 5.56 Å². The summed E-state index contributed by atoms with van der Waals surface area (Å²) < 4.78 is 0. The lowest BCUT2D eigenvalue weighted by atomic mass is 10.2. The molecular formula is C13H14N2. The molecule has 0 spiro atoms. The van der Waals surface area contributed by atoms with Crippen molar-refractivity contribution >= 4 is 17.1 Å². The van der Waals surface area contributed by atoms with Gasteiger partial charge in [-0.15, -0.1) is 0 Å². The molecule has 15 heavy (non-hydrogen) atoms. The van der Waals surface area contributed by atoms with E-state index < -0.39 is 0 Å². The standard InChI is InChI=1S/C13H14N2/c1-10-5-4-6-11(9-10)15-13-8-3-2-7-12(13)14/h2-9,15H,14H2,1H3. The molecule has 0 fully saturated rings. The summed E-state index contributed by atoms with van der Waals surface area (Å²) >= 11 is 0. The summed E-state index contributed by atoms with van der Waals surface area (Å²) in [5, 5.41) is 3.29. The molecule has 0 aliphatic heterocycles. The van der Waals surface area contributed by atoms with E-state index in [9.17, 15) is 0 Å². The fraction of sp³-hybridized carbons (Fsp3) is 0.0769. The molecule has 0 aliphatic rings. The van der Waals surface area contributed by atoms with Gasteiger partial charge in [0.25, 0.3) is 0 Å². The maximum Gasteiger partial charge on any atom is 0.0617 e. The van der Waals surface area contributed by atoms with Gasteiger partial charge >= 0.3 is 0 Å². The van der Waals surface area contributed by atoms with Gasteiger partial charge in [0.2, 0.25) is 0 Å². The summed E-state index contributed by atoms with van der Waals surface area (Å²) in [4.78, 5) is 0. The van der Waals surface area contributed by atoms with Crippen LogP contribution in [-0.4, -0.2) is 0 Å². The van der Waals surface area contributed by atoms with Crippen LogP contribution in [0, 0.1) is 6.92 Å².